The molecule has 0 aliphatic heterocycles. The van der Waals surface area contributed by atoms with Gasteiger partial charge >= 0.3 is 0 Å². The molecule has 3 nitrogen and oxygen atoms in total. The van der Waals surface area contributed by atoms with Crippen molar-refractivity contribution in [3.63, 3.8) is 0 Å². The Morgan fingerprint density at radius 1 is 0.188 bits per heavy atom. The van der Waals surface area contributed by atoms with Crippen LogP contribution in [0, 0.1) is 0 Å². The van der Waals surface area contributed by atoms with Gasteiger partial charge in [0.2, 0.25) is 0 Å². The fourth-order valence-electron chi connectivity index (χ4n) is 6.02. The minimum Gasteiger partial charge on any atom is -0.208 e. The Kier molecular flexibility index (Phi) is 7.92. The van der Waals surface area contributed by atoms with Crippen molar-refractivity contribution in [1.29, 1.82) is 0 Å². The van der Waals surface area contributed by atoms with Crippen LogP contribution in [0.2, 0.25) is 0 Å². The molecule has 48 heavy (non-hydrogen) atoms. The van der Waals surface area contributed by atoms with Crippen LogP contribution in [-0.4, -0.2) is 15.0 Å². The van der Waals surface area contributed by atoms with Gasteiger partial charge in [0.25, 0.3) is 0 Å². The van der Waals surface area contributed by atoms with Gasteiger partial charge in [-0.2, -0.15) is 0 Å². The summed E-state index contributed by atoms with van der Waals surface area (Å²) in [6.45, 7) is 0. The van der Waals surface area contributed by atoms with Crippen molar-refractivity contribution in [3.8, 4) is 78.7 Å². The Balaban J connectivity index is 1.30. The summed E-state index contributed by atoms with van der Waals surface area (Å²) in [6.07, 6.45) is 0. The van der Waals surface area contributed by atoms with Crippen LogP contribution in [-0.2, 0) is 0 Å². The van der Waals surface area contributed by atoms with Gasteiger partial charge in [-0.25, -0.2) is 15.0 Å². The van der Waals surface area contributed by atoms with Gasteiger partial charge < -0.3 is 0 Å². The van der Waals surface area contributed by atoms with Crippen LogP contribution in [0.25, 0.3) is 78.7 Å². The maximum atomic E-state index is 5.07. The third-order valence-electron chi connectivity index (χ3n) is 8.52. The number of aromatic nitrogens is 3. The van der Waals surface area contributed by atoms with E-state index < -0.39 is 0 Å². The quantitative estimate of drug-likeness (QED) is 0.179. The highest BCUT2D eigenvalue weighted by Crippen LogP contribution is 2.35. The summed E-state index contributed by atoms with van der Waals surface area (Å²) in [5, 5.41) is 0. The van der Waals surface area contributed by atoms with Crippen molar-refractivity contribution in [2.24, 2.45) is 0 Å². The molecule has 3 heteroatoms. The van der Waals surface area contributed by atoms with E-state index in [1.165, 1.54) is 22.3 Å². The number of hydrogen-bond donors (Lipinski definition) is 0. The Bertz CT molecular complexity index is 2240. The molecule has 0 N–H and O–H groups in total. The van der Waals surface area contributed by atoms with E-state index in [9.17, 15) is 0 Å². The van der Waals surface area contributed by atoms with Crippen molar-refractivity contribution in [2.75, 3.05) is 0 Å². The van der Waals surface area contributed by atoms with E-state index in [-0.39, 0.29) is 0 Å². The molecule has 0 spiro atoms. The Morgan fingerprint density at radius 3 is 0.938 bits per heavy atom. The first-order chi connectivity index (χ1) is 23.8. The second-order valence-corrected chi connectivity index (χ2v) is 11.7. The van der Waals surface area contributed by atoms with Crippen LogP contribution >= 0.6 is 0 Å². The summed E-state index contributed by atoms with van der Waals surface area (Å²) < 4.78 is 0. The van der Waals surface area contributed by atoms with E-state index in [2.05, 4.69) is 115 Å². The van der Waals surface area contributed by atoms with Crippen LogP contribution in [0.15, 0.2) is 188 Å². The van der Waals surface area contributed by atoms with E-state index in [0.29, 0.717) is 17.5 Å². The molecule has 8 rings (SSSR count). The van der Waals surface area contributed by atoms with Gasteiger partial charge in [0.15, 0.2) is 17.5 Å². The topological polar surface area (TPSA) is 38.7 Å². The Morgan fingerprint density at radius 2 is 0.458 bits per heavy atom. The van der Waals surface area contributed by atoms with Gasteiger partial charge in [0.1, 0.15) is 0 Å². The third-order valence-corrected chi connectivity index (χ3v) is 8.52. The molecular formula is C45H31N3. The zero-order valence-electron chi connectivity index (χ0n) is 26.2. The van der Waals surface area contributed by atoms with Crippen molar-refractivity contribution in [3.05, 3.63) is 188 Å². The summed E-state index contributed by atoms with van der Waals surface area (Å²) in [5.41, 5.74) is 12.0. The Labute approximate surface area is 280 Å². The second-order valence-electron chi connectivity index (χ2n) is 11.7. The molecular weight excluding hydrogens is 583 g/mol. The monoisotopic (exact) mass is 613 g/mol. The molecule has 0 saturated heterocycles. The third kappa shape index (κ3) is 6.18. The summed E-state index contributed by atoms with van der Waals surface area (Å²) in [4.78, 5) is 15.1. The first-order valence-electron chi connectivity index (χ1n) is 16.1. The van der Waals surface area contributed by atoms with E-state index in [1.54, 1.807) is 0 Å². The Hall–Kier alpha value is -6.45. The minimum absolute atomic E-state index is 0.630. The van der Waals surface area contributed by atoms with Crippen molar-refractivity contribution in [2.45, 2.75) is 0 Å². The van der Waals surface area contributed by atoms with Crippen LogP contribution in [0.4, 0.5) is 0 Å². The van der Waals surface area contributed by atoms with Gasteiger partial charge in [0.05, 0.1) is 0 Å². The minimum atomic E-state index is 0.630. The normalized spacial score (nSPS) is 10.9. The van der Waals surface area contributed by atoms with Gasteiger partial charge in [-0.1, -0.05) is 164 Å². The predicted molar refractivity (Wildman–Crippen MR) is 198 cm³/mol. The highest BCUT2D eigenvalue weighted by atomic mass is 15.0. The fourth-order valence-corrected chi connectivity index (χ4v) is 6.02. The average molecular weight is 614 g/mol. The van der Waals surface area contributed by atoms with Crippen molar-refractivity contribution >= 4 is 0 Å². The van der Waals surface area contributed by atoms with Gasteiger partial charge in [-0.05, 0) is 68.8 Å². The van der Waals surface area contributed by atoms with E-state index in [4.69, 9.17) is 15.0 Å². The van der Waals surface area contributed by atoms with E-state index in [0.717, 1.165) is 38.9 Å². The first-order valence-corrected chi connectivity index (χ1v) is 16.1. The molecule has 226 valence electrons. The van der Waals surface area contributed by atoms with Crippen LogP contribution in [0.3, 0.4) is 0 Å². The van der Waals surface area contributed by atoms with E-state index in [1.807, 2.05) is 72.8 Å². The van der Waals surface area contributed by atoms with Gasteiger partial charge in [0, 0.05) is 16.7 Å². The van der Waals surface area contributed by atoms with Crippen LogP contribution in [0.1, 0.15) is 0 Å². The highest BCUT2D eigenvalue weighted by molar-refractivity contribution is 5.83. The largest absolute Gasteiger partial charge is 0.208 e. The van der Waals surface area contributed by atoms with E-state index >= 15 is 0 Å². The summed E-state index contributed by atoms with van der Waals surface area (Å²) in [5.74, 6) is 1.92. The lowest BCUT2D eigenvalue weighted by Gasteiger charge is -2.13. The van der Waals surface area contributed by atoms with Crippen LogP contribution < -0.4 is 0 Å². The fraction of sp³-hybridized carbons (Fsp3) is 0. The lowest BCUT2D eigenvalue weighted by atomic mass is 9.93. The lowest BCUT2D eigenvalue weighted by Crippen LogP contribution is -2.00. The molecule has 0 atom stereocenters. The molecule has 0 aliphatic rings. The van der Waals surface area contributed by atoms with Crippen molar-refractivity contribution in [1.82, 2.24) is 15.0 Å². The molecule has 1 aromatic heterocycles. The van der Waals surface area contributed by atoms with Gasteiger partial charge in [-0.3, -0.25) is 0 Å². The first kappa shape index (κ1) is 29.0. The number of benzene rings is 7. The SMILES string of the molecule is c1ccc(-c2ccc(-c3cc(-c4cccc(-c5ccccc5)c4)cc(-c4nc(-c5ccccc5)nc(-c5ccccc5)n4)c3)cc2)cc1. The van der Waals surface area contributed by atoms with Gasteiger partial charge in [-0.15, -0.1) is 0 Å². The maximum Gasteiger partial charge on any atom is 0.164 e. The number of rotatable bonds is 7. The summed E-state index contributed by atoms with van der Waals surface area (Å²) >= 11 is 0. The van der Waals surface area contributed by atoms with Crippen LogP contribution in [0.5, 0.6) is 0 Å². The maximum absolute atomic E-state index is 5.07. The molecule has 7 aromatic carbocycles. The smallest absolute Gasteiger partial charge is 0.164 e. The summed E-state index contributed by atoms with van der Waals surface area (Å²) in [6, 6.07) is 65.4. The molecule has 0 fully saturated rings. The highest BCUT2D eigenvalue weighted by Gasteiger charge is 2.15. The molecule has 0 amide bonds. The molecule has 8 aromatic rings. The molecule has 0 unspecified atom stereocenters. The molecule has 0 aliphatic carbocycles. The predicted octanol–water partition coefficient (Wildman–Crippen LogP) is 11.5. The second kappa shape index (κ2) is 13.1. The van der Waals surface area contributed by atoms with Crippen molar-refractivity contribution < 1.29 is 0 Å². The number of nitrogens with zero attached hydrogens (tertiary/aromatic N) is 3. The zero-order valence-corrected chi connectivity index (χ0v) is 26.2. The molecule has 0 saturated carbocycles. The summed E-state index contributed by atoms with van der Waals surface area (Å²) in [7, 11) is 0. The molecule has 0 bridgehead atoms. The molecule has 0 radical (unpaired) electrons. The number of hydrogen-bond acceptors (Lipinski definition) is 3. The standard InChI is InChI=1S/C45H31N3/c1-5-14-32(15-6-1)34-24-26-35(27-25-34)40-29-41(39-23-13-22-38(28-39)33-16-7-2-8-17-33)31-42(30-40)45-47-43(36-18-9-3-10-19-36)46-44(48-45)37-20-11-4-12-21-37/h1-31H. The lowest BCUT2D eigenvalue weighted by molar-refractivity contribution is 1.07. The average Bonchev–Trinajstić information content (AvgIpc) is 3.19. The zero-order chi connectivity index (χ0) is 32.1. The molecule has 1 heterocycles.